The molecule has 0 spiro atoms. The van der Waals surface area contributed by atoms with Crippen LogP contribution in [-0.2, 0) is 4.79 Å². The molecule has 18 heavy (non-hydrogen) atoms. The summed E-state index contributed by atoms with van der Waals surface area (Å²) in [5.74, 6) is -0.277. The van der Waals surface area contributed by atoms with Crippen LogP contribution in [-0.4, -0.2) is 16.0 Å². The molecular weight excluding hydrogens is 273 g/mol. The summed E-state index contributed by atoms with van der Waals surface area (Å²) < 4.78 is -0.991. The normalized spacial score (nSPS) is 24.4. The van der Waals surface area contributed by atoms with Crippen molar-refractivity contribution < 1.29 is 9.59 Å². The minimum absolute atomic E-state index is 0.0484. The summed E-state index contributed by atoms with van der Waals surface area (Å²) in [6.45, 7) is 3.20. The second kappa shape index (κ2) is 4.25. The molecular formula is C13H13Cl2NO2. The zero-order valence-corrected chi connectivity index (χ0v) is 11.6. The number of amides is 1. The van der Waals surface area contributed by atoms with Gasteiger partial charge in [0.15, 0.2) is 5.78 Å². The first-order valence-electron chi connectivity index (χ1n) is 5.56. The second-order valence-electron chi connectivity index (χ2n) is 4.80. The van der Waals surface area contributed by atoms with Crippen LogP contribution in [0.15, 0.2) is 24.3 Å². The van der Waals surface area contributed by atoms with E-state index in [-0.39, 0.29) is 11.7 Å². The fourth-order valence-electron chi connectivity index (χ4n) is 1.73. The molecule has 1 aliphatic carbocycles. The van der Waals surface area contributed by atoms with Crippen molar-refractivity contribution in [1.82, 2.24) is 0 Å². The number of anilines is 1. The van der Waals surface area contributed by atoms with Crippen LogP contribution in [0.3, 0.4) is 0 Å². The van der Waals surface area contributed by atoms with E-state index in [1.807, 2.05) is 0 Å². The van der Waals surface area contributed by atoms with Gasteiger partial charge in [-0.15, -0.1) is 23.2 Å². The maximum atomic E-state index is 12.0. The van der Waals surface area contributed by atoms with Gasteiger partial charge in [0.05, 0.1) is 5.41 Å². The monoisotopic (exact) mass is 285 g/mol. The predicted octanol–water partition coefficient (Wildman–Crippen LogP) is 3.41. The molecule has 0 bridgehead atoms. The highest BCUT2D eigenvalue weighted by Gasteiger charge is 2.67. The van der Waals surface area contributed by atoms with E-state index in [1.54, 1.807) is 31.2 Å². The Balaban J connectivity index is 2.13. The summed E-state index contributed by atoms with van der Waals surface area (Å²) in [4.78, 5) is 23.3. The summed E-state index contributed by atoms with van der Waals surface area (Å²) >= 11 is 11.9. The van der Waals surface area contributed by atoms with Crippen molar-refractivity contribution in [3.8, 4) is 0 Å². The van der Waals surface area contributed by atoms with E-state index in [2.05, 4.69) is 5.32 Å². The third kappa shape index (κ3) is 2.25. The van der Waals surface area contributed by atoms with Crippen molar-refractivity contribution >= 4 is 40.6 Å². The predicted molar refractivity (Wildman–Crippen MR) is 72.2 cm³/mol. The Bertz CT molecular complexity index is 527. The molecule has 0 aliphatic heterocycles. The fourth-order valence-corrected chi connectivity index (χ4v) is 2.44. The molecule has 1 N–H and O–H groups in total. The Morgan fingerprint density at radius 3 is 2.44 bits per heavy atom. The molecule has 0 unspecified atom stereocenters. The average Bonchev–Trinajstić information content (AvgIpc) is 2.80. The van der Waals surface area contributed by atoms with Crippen LogP contribution in [0.4, 0.5) is 5.69 Å². The molecule has 0 aromatic heterocycles. The molecule has 96 valence electrons. The fraction of sp³-hybridized carbons (Fsp3) is 0.385. The maximum Gasteiger partial charge on any atom is 0.233 e. The van der Waals surface area contributed by atoms with Crippen molar-refractivity contribution in [2.45, 2.75) is 24.6 Å². The lowest BCUT2D eigenvalue weighted by atomic mass is 10.1. The van der Waals surface area contributed by atoms with Crippen LogP contribution >= 0.6 is 23.2 Å². The van der Waals surface area contributed by atoms with E-state index in [4.69, 9.17) is 23.2 Å². The van der Waals surface area contributed by atoms with E-state index in [1.165, 1.54) is 6.92 Å². The number of carbonyl (C=O) groups is 2. The summed E-state index contributed by atoms with van der Waals surface area (Å²) in [6.07, 6.45) is 0.432. The first-order chi connectivity index (χ1) is 8.26. The zero-order valence-electron chi connectivity index (χ0n) is 10.1. The van der Waals surface area contributed by atoms with Crippen molar-refractivity contribution in [1.29, 1.82) is 0 Å². The van der Waals surface area contributed by atoms with Gasteiger partial charge in [0.1, 0.15) is 4.33 Å². The molecule has 3 nitrogen and oxygen atoms in total. The lowest BCUT2D eigenvalue weighted by Crippen LogP contribution is -2.26. The maximum absolute atomic E-state index is 12.0. The molecule has 0 radical (unpaired) electrons. The number of benzene rings is 1. The first-order valence-corrected chi connectivity index (χ1v) is 6.32. The van der Waals surface area contributed by atoms with Crippen molar-refractivity contribution in [3.05, 3.63) is 29.8 Å². The van der Waals surface area contributed by atoms with Gasteiger partial charge in [0.2, 0.25) is 5.91 Å². The summed E-state index contributed by atoms with van der Waals surface area (Å²) in [5, 5.41) is 2.74. The van der Waals surface area contributed by atoms with Crippen LogP contribution in [0, 0.1) is 5.41 Å². The molecule has 1 aromatic carbocycles. The number of ketones is 1. The summed E-state index contributed by atoms with van der Waals surface area (Å²) in [7, 11) is 0. The Hall–Kier alpha value is -1.06. The standard InChI is InChI=1S/C13H13Cl2NO2/c1-8(17)9-4-3-5-10(6-9)16-11(18)12(2)7-13(12,14)15/h3-6H,7H2,1-2H3,(H,16,18)/t12-/m0/s1. The van der Waals surface area contributed by atoms with E-state index >= 15 is 0 Å². The van der Waals surface area contributed by atoms with Gasteiger partial charge < -0.3 is 5.32 Å². The molecule has 5 heteroatoms. The van der Waals surface area contributed by atoms with Gasteiger partial charge in [-0.05, 0) is 32.4 Å². The molecule has 0 saturated heterocycles. The lowest BCUT2D eigenvalue weighted by Gasteiger charge is -2.13. The number of halogens is 2. The third-order valence-corrected chi connectivity index (χ3v) is 4.39. The molecule has 1 fully saturated rings. The van der Waals surface area contributed by atoms with Crippen molar-refractivity contribution in [2.75, 3.05) is 5.32 Å². The zero-order chi connectivity index (χ0) is 13.6. The topological polar surface area (TPSA) is 46.2 Å². The van der Waals surface area contributed by atoms with Crippen molar-refractivity contribution in [3.63, 3.8) is 0 Å². The van der Waals surface area contributed by atoms with Gasteiger partial charge in [-0.2, -0.15) is 0 Å². The highest BCUT2D eigenvalue weighted by Crippen LogP contribution is 2.64. The van der Waals surface area contributed by atoms with Gasteiger partial charge in [-0.25, -0.2) is 0 Å². The SMILES string of the molecule is CC(=O)c1cccc(NC(=O)[C@]2(C)CC2(Cl)Cl)c1. The van der Waals surface area contributed by atoms with Crippen LogP contribution < -0.4 is 5.32 Å². The molecule has 1 aliphatic rings. The Labute approximate surface area is 115 Å². The first kappa shape index (κ1) is 13.4. The Morgan fingerprint density at radius 2 is 1.94 bits per heavy atom. The number of carbonyl (C=O) groups excluding carboxylic acids is 2. The quantitative estimate of drug-likeness (QED) is 0.683. The van der Waals surface area contributed by atoms with Crippen molar-refractivity contribution in [2.24, 2.45) is 5.41 Å². The highest BCUT2D eigenvalue weighted by atomic mass is 35.5. The number of Topliss-reactive ketones (excluding diaryl/α,β-unsaturated/α-hetero) is 1. The molecule has 1 amide bonds. The van der Waals surface area contributed by atoms with Gasteiger partial charge in [0.25, 0.3) is 0 Å². The second-order valence-corrected chi connectivity index (χ2v) is 6.29. The van der Waals surface area contributed by atoms with Crippen LogP contribution in [0.1, 0.15) is 30.6 Å². The molecule has 0 heterocycles. The Kier molecular flexibility index (Phi) is 3.16. The minimum atomic E-state index is -0.991. The number of alkyl halides is 2. The third-order valence-electron chi connectivity index (χ3n) is 3.29. The lowest BCUT2D eigenvalue weighted by molar-refractivity contribution is -0.120. The summed E-state index contributed by atoms with van der Waals surface area (Å²) in [5.41, 5.74) is 0.365. The number of rotatable bonds is 3. The van der Waals surface area contributed by atoms with E-state index in [0.29, 0.717) is 17.7 Å². The van der Waals surface area contributed by atoms with Crippen LogP contribution in [0.25, 0.3) is 0 Å². The van der Waals surface area contributed by atoms with Crippen LogP contribution in [0.2, 0.25) is 0 Å². The van der Waals surface area contributed by atoms with Crippen LogP contribution in [0.5, 0.6) is 0 Å². The van der Waals surface area contributed by atoms with Gasteiger partial charge in [-0.3, -0.25) is 9.59 Å². The highest BCUT2D eigenvalue weighted by molar-refractivity contribution is 6.53. The summed E-state index contributed by atoms with van der Waals surface area (Å²) in [6, 6.07) is 6.77. The van der Waals surface area contributed by atoms with E-state index in [0.717, 1.165) is 0 Å². The Morgan fingerprint density at radius 1 is 1.33 bits per heavy atom. The number of hydrogen-bond donors (Lipinski definition) is 1. The molecule has 1 aromatic rings. The average molecular weight is 286 g/mol. The minimum Gasteiger partial charge on any atom is -0.326 e. The van der Waals surface area contributed by atoms with E-state index < -0.39 is 9.75 Å². The largest absolute Gasteiger partial charge is 0.326 e. The smallest absolute Gasteiger partial charge is 0.233 e. The number of nitrogens with one attached hydrogen (secondary N) is 1. The van der Waals surface area contributed by atoms with E-state index in [9.17, 15) is 9.59 Å². The van der Waals surface area contributed by atoms with Gasteiger partial charge in [-0.1, -0.05) is 12.1 Å². The number of hydrogen-bond acceptors (Lipinski definition) is 2. The van der Waals surface area contributed by atoms with Gasteiger partial charge in [0, 0.05) is 11.3 Å². The molecule has 1 atom stereocenters. The molecule has 1 saturated carbocycles. The molecule has 2 rings (SSSR count). The van der Waals surface area contributed by atoms with Gasteiger partial charge >= 0.3 is 0 Å².